The van der Waals surface area contributed by atoms with E-state index >= 15 is 0 Å². The molecule has 2 heterocycles. The number of hydrogen-bond acceptors (Lipinski definition) is 4. The molecular formula is C15H23N3O2. The summed E-state index contributed by atoms with van der Waals surface area (Å²) in [5.41, 5.74) is 7.04. The SMILES string of the molecule is CC[C@H](O)c1ccc(N2CCC(CC(N)=O)CC2)cn1. The molecule has 1 atom stereocenters. The van der Waals surface area contributed by atoms with Gasteiger partial charge < -0.3 is 15.7 Å². The molecule has 1 aromatic rings. The predicted octanol–water partition coefficient (Wildman–Crippen LogP) is 1.62. The van der Waals surface area contributed by atoms with Crippen molar-refractivity contribution in [1.29, 1.82) is 0 Å². The molecule has 1 saturated heterocycles. The maximum Gasteiger partial charge on any atom is 0.217 e. The first kappa shape index (κ1) is 14.8. The molecule has 0 bridgehead atoms. The Bertz CT molecular complexity index is 439. The van der Waals surface area contributed by atoms with Gasteiger partial charge in [0, 0.05) is 19.5 Å². The number of pyridine rings is 1. The number of anilines is 1. The van der Waals surface area contributed by atoms with E-state index in [-0.39, 0.29) is 5.91 Å². The topological polar surface area (TPSA) is 79.5 Å². The molecule has 3 N–H and O–H groups in total. The van der Waals surface area contributed by atoms with Crippen LogP contribution in [0.3, 0.4) is 0 Å². The van der Waals surface area contributed by atoms with Crippen LogP contribution in [0, 0.1) is 5.92 Å². The second-order valence-electron chi connectivity index (χ2n) is 5.47. The summed E-state index contributed by atoms with van der Waals surface area (Å²) in [6.45, 7) is 3.79. The van der Waals surface area contributed by atoms with E-state index in [1.54, 1.807) is 0 Å². The molecule has 2 rings (SSSR count). The second-order valence-corrected chi connectivity index (χ2v) is 5.47. The maximum atomic E-state index is 10.9. The number of carbonyl (C=O) groups excluding carboxylic acids is 1. The Kier molecular flexibility index (Phi) is 4.95. The van der Waals surface area contributed by atoms with Crippen LogP contribution in [0.25, 0.3) is 0 Å². The van der Waals surface area contributed by atoms with Crippen molar-refractivity contribution >= 4 is 11.6 Å². The minimum absolute atomic E-state index is 0.206. The maximum absolute atomic E-state index is 10.9. The van der Waals surface area contributed by atoms with E-state index in [1.165, 1.54) is 0 Å². The van der Waals surface area contributed by atoms with Gasteiger partial charge in [-0.2, -0.15) is 0 Å². The molecule has 0 spiro atoms. The lowest BCUT2D eigenvalue weighted by Crippen LogP contribution is -2.35. The third-order valence-electron chi connectivity index (χ3n) is 3.97. The van der Waals surface area contributed by atoms with Crippen molar-refractivity contribution in [1.82, 2.24) is 4.98 Å². The molecule has 5 nitrogen and oxygen atoms in total. The van der Waals surface area contributed by atoms with Crippen LogP contribution in [0.15, 0.2) is 18.3 Å². The molecule has 0 saturated carbocycles. The zero-order valence-electron chi connectivity index (χ0n) is 12.0. The summed E-state index contributed by atoms with van der Waals surface area (Å²) in [4.78, 5) is 17.5. The zero-order chi connectivity index (χ0) is 14.5. The Morgan fingerprint density at radius 1 is 1.50 bits per heavy atom. The molecule has 110 valence electrons. The van der Waals surface area contributed by atoms with Crippen molar-refractivity contribution in [2.45, 2.75) is 38.7 Å². The van der Waals surface area contributed by atoms with Crippen LogP contribution >= 0.6 is 0 Å². The van der Waals surface area contributed by atoms with Gasteiger partial charge in [0.05, 0.1) is 23.7 Å². The highest BCUT2D eigenvalue weighted by atomic mass is 16.3. The van der Waals surface area contributed by atoms with Gasteiger partial charge in [-0.3, -0.25) is 9.78 Å². The summed E-state index contributed by atoms with van der Waals surface area (Å²) >= 11 is 0. The molecule has 0 aromatic carbocycles. The third-order valence-corrected chi connectivity index (χ3v) is 3.97. The molecule has 1 amide bonds. The van der Waals surface area contributed by atoms with Crippen LogP contribution in [0.1, 0.15) is 44.4 Å². The van der Waals surface area contributed by atoms with Gasteiger partial charge in [0.25, 0.3) is 0 Å². The normalized spacial score (nSPS) is 18.0. The number of carbonyl (C=O) groups is 1. The highest BCUT2D eigenvalue weighted by molar-refractivity contribution is 5.74. The van der Waals surface area contributed by atoms with Crippen LogP contribution in [0.2, 0.25) is 0 Å². The van der Waals surface area contributed by atoms with Crippen LogP contribution < -0.4 is 10.6 Å². The number of primary amides is 1. The van der Waals surface area contributed by atoms with Crippen molar-refractivity contribution in [2.24, 2.45) is 11.7 Å². The largest absolute Gasteiger partial charge is 0.387 e. The summed E-state index contributed by atoms with van der Waals surface area (Å²) in [6, 6.07) is 3.90. The van der Waals surface area contributed by atoms with E-state index in [1.807, 2.05) is 25.3 Å². The standard InChI is InChI=1S/C15H23N3O2/c1-2-14(19)13-4-3-12(10-17-13)18-7-5-11(6-8-18)9-15(16)20/h3-4,10-11,14,19H,2,5-9H2,1H3,(H2,16,20)/t14-/m0/s1. The summed E-state index contributed by atoms with van der Waals surface area (Å²) in [6.07, 6.45) is 4.48. The number of nitrogens with two attached hydrogens (primary N) is 1. The number of piperidine rings is 1. The molecular weight excluding hydrogens is 254 g/mol. The van der Waals surface area contributed by atoms with E-state index in [2.05, 4.69) is 9.88 Å². The number of aliphatic hydroxyl groups excluding tert-OH is 1. The first-order chi connectivity index (χ1) is 9.60. The van der Waals surface area contributed by atoms with E-state index < -0.39 is 6.10 Å². The summed E-state index contributed by atoms with van der Waals surface area (Å²) < 4.78 is 0. The van der Waals surface area contributed by atoms with Gasteiger partial charge in [-0.1, -0.05) is 6.92 Å². The van der Waals surface area contributed by atoms with Crippen LogP contribution in [-0.2, 0) is 4.79 Å². The Hall–Kier alpha value is -1.62. The van der Waals surface area contributed by atoms with Gasteiger partial charge in [-0.25, -0.2) is 0 Å². The zero-order valence-corrected chi connectivity index (χ0v) is 12.0. The summed E-state index contributed by atoms with van der Waals surface area (Å²) in [7, 11) is 0. The molecule has 1 aromatic heterocycles. The molecule has 0 radical (unpaired) electrons. The number of hydrogen-bond donors (Lipinski definition) is 2. The predicted molar refractivity (Wildman–Crippen MR) is 78.2 cm³/mol. The van der Waals surface area contributed by atoms with E-state index in [0.29, 0.717) is 18.8 Å². The first-order valence-electron chi connectivity index (χ1n) is 7.27. The average Bonchev–Trinajstić information content (AvgIpc) is 2.47. The lowest BCUT2D eigenvalue weighted by atomic mass is 9.93. The monoisotopic (exact) mass is 277 g/mol. The smallest absolute Gasteiger partial charge is 0.217 e. The van der Waals surface area contributed by atoms with Crippen LogP contribution in [-0.4, -0.2) is 29.1 Å². The number of aliphatic hydroxyl groups is 1. The molecule has 20 heavy (non-hydrogen) atoms. The highest BCUT2D eigenvalue weighted by Gasteiger charge is 2.21. The fourth-order valence-electron chi connectivity index (χ4n) is 2.67. The van der Waals surface area contributed by atoms with Gasteiger partial charge >= 0.3 is 0 Å². The van der Waals surface area contributed by atoms with E-state index in [0.717, 1.165) is 37.3 Å². The number of rotatable bonds is 5. The van der Waals surface area contributed by atoms with E-state index in [9.17, 15) is 9.90 Å². The molecule has 0 unspecified atom stereocenters. The van der Waals surface area contributed by atoms with Crippen LogP contribution in [0.5, 0.6) is 0 Å². The number of aromatic nitrogens is 1. The van der Waals surface area contributed by atoms with Crippen molar-refractivity contribution in [3.63, 3.8) is 0 Å². The molecule has 0 aliphatic carbocycles. The molecule has 1 aliphatic heterocycles. The Morgan fingerprint density at radius 2 is 2.20 bits per heavy atom. The fraction of sp³-hybridized carbons (Fsp3) is 0.600. The number of amides is 1. The quantitative estimate of drug-likeness (QED) is 0.857. The van der Waals surface area contributed by atoms with Crippen LogP contribution in [0.4, 0.5) is 5.69 Å². The fourth-order valence-corrected chi connectivity index (χ4v) is 2.67. The van der Waals surface area contributed by atoms with Crippen molar-refractivity contribution in [3.05, 3.63) is 24.0 Å². The number of nitrogens with zero attached hydrogens (tertiary/aromatic N) is 2. The first-order valence-corrected chi connectivity index (χ1v) is 7.27. The van der Waals surface area contributed by atoms with Crippen molar-refractivity contribution in [2.75, 3.05) is 18.0 Å². The van der Waals surface area contributed by atoms with Gasteiger partial charge in [-0.05, 0) is 37.3 Å². The third kappa shape index (κ3) is 3.70. The van der Waals surface area contributed by atoms with Crippen molar-refractivity contribution < 1.29 is 9.90 Å². The Labute approximate surface area is 119 Å². The highest BCUT2D eigenvalue weighted by Crippen LogP contribution is 2.25. The van der Waals surface area contributed by atoms with E-state index in [4.69, 9.17) is 5.73 Å². The second kappa shape index (κ2) is 6.70. The van der Waals surface area contributed by atoms with Gasteiger partial charge in [0.1, 0.15) is 0 Å². The molecule has 1 aliphatic rings. The minimum Gasteiger partial charge on any atom is -0.387 e. The van der Waals surface area contributed by atoms with Gasteiger partial charge in [0.2, 0.25) is 5.91 Å². The lowest BCUT2D eigenvalue weighted by molar-refractivity contribution is -0.119. The Balaban J connectivity index is 1.92. The molecule has 1 fully saturated rings. The minimum atomic E-state index is -0.481. The average molecular weight is 277 g/mol. The van der Waals surface area contributed by atoms with Gasteiger partial charge in [0.15, 0.2) is 0 Å². The Morgan fingerprint density at radius 3 is 2.70 bits per heavy atom. The summed E-state index contributed by atoms with van der Waals surface area (Å²) in [5.74, 6) is 0.209. The van der Waals surface area contributed by atoms with Crippen molar-refractivity contribution in [3.8, 4) is 0 Å². The molecule has 5 heteroatoms. The van der Waals surface area contributed by atoms with Gasteiger partial charge in [-0.15, -0.1) is 0 Å². The lowest BCUT2D eigenvalue weighted by Gasteiger charge is -2.33. The summed E-state index contributed by atoms with van der Waals surface area (Å²) in [5, 5.41) is 9.73.